The number of carbonyl (C=O) groups excluding carboxylic acids is 2. The van der Waals surface area contributed by atoms with Gasteiger partial charge in [-0.1, -0.05) is 25.1 Å². The van der Waals surface area contributed by atoms with Gasteiger partial charge in [-0.3, -0.25) is 9.59 Å². The Morgan fingerprint density at radius 2 is 1.83 bits per heavy atom. The minimum Gasteiger partial charge on any atom is -0.349 e. The zero-order valence-corrected chi connectivity index (χ0v) is 15.6. The topological polar surface area (TPSA) is 76.0 Å². The number of aromatic nitrogens is 2. The first-order valence-corrected chi connectivity index (χ1v) is 8.96. The Balaban J connectivity index is 1.81. The molecule has 0 saturated heterocycles. The molecule has 0 aliphatic heterocycles. The molecule has 2 aromatic carbocycles. The fourth-order valence-corrected chi connectivity index (χ4v) is 2.86. The predicted molar refractivity (Wildman–Crippen MR) is 102 cm³/mol. The third-order valence-electron chi connectivity index (χ3n) is 4.27. The van der Waals surface area contributed by atoms with Crippen molar-refractivity contribution in [1.82, 2.24) is 14.9 Å². The molecule has 0 bridgehead atoms. The third kappa shape index (κ3) is 4.92. The number of alkyl halides is 3. The first-order chi connectivity index (χ1) is 13.8. The number of halogens is 3. The Morgan fingerprint density at radius 1 is 1.07 bits per heavy atom. The summed E-state index contributed by atoms with van der Waals surface area (Å²) in [5, 5.41) is 5.20. The minimum absolute atomic E-state index is 0.0510. The molecule has 1 aromatic heterocycles. The van der Waals surface area contributed by atoms with E-state index in [4.69, 9.17) is 0 Å². The summed E-state index contributed by atoms with van der Waals surface area (Å²) in [5.41, 5.74) is 0.550. The molecule has 0 aliphatic carbocycles. The van der Waals surface area contributed by atoms with Gasteiger partial charge in [0, 0.05) is 12.1 Å². The zero-order valence-electron chi connectivity index (χ0n) is 15.6. The molecule has 152 valence electrons. The van der Waals surface area contributed by atoms with E-state index >= 15 is 0 Å². The molecule has 0 saturated carbocycles. The van der Waals surface area contributed by atoms with E-state index in [1.165, 1.54) is 12.1 Å². The molecule has 0 fully saturated rings. The van der Waals surface area contributed by atoms with E-state index in [9.17, 15) is 22.8 Å². The van der Waals surface area contributed by atoms with Crippen LogP contribution in [0.3, 0.4) is 0 Å². The lowest BCUT2D eigenvalue weighted by atomic mass is 10.2. The SMILES string of the molecule is CCC(=O)NCc1nc2ccccc2n1CC(=O)Nc1cccc(C(F)(F)F)c1. The van der Waals surface area contributed by atoms with Gasteiger partial charge < -0.3 is 15.2 Å². The zero-order chi connectivity index (χ0) is 21.0. The summed E-state index contributed by atoms with van der Waals surface area (Å²) in [4.78, 5) is 28.5. The van der Waals surface area contributed by atoms with Crippen LogP contribution in [0.1, 0.15) is 24.7 Å². The number of fused-ring (bicyclic) bond motifs is 1. The summed E-state index contributed by atoms with van der Waals surface area (Å²) in [7, 11) is 0. The molecule has 29 heavy (non-hydrogen) atoms. The maximum atomic E-state index is 12.9. The van der Waals surface area contributed by atoms with Crippen LogP contribution >= 0.6 is 0 Å². The highest BCUT2D eigenvalue weighted by Crippen LogP contribution is 2.30. The molecule has 0 radical (unpaired) electrons. The van der Waals surface area contributed by atoms with Gasteiger partial charge >= 0.3 is 6.18 Å². The smallest absolute Gasteiger partial charge is 0.349 e. The fraction of sp³-hybridized carbons (Fsp3) is 0.250. The van der Waals surface area contributed by atoms with E-state index in [-0.39, 0.29) is 24.7 Å². The van der Waals surface area contributed by atoms with Crippen molar-refractivity contribution in [1.29, 1.82) is 0 Å². The molecule has 2 N–H and O–H groups in total. The molecule has 1 heterocycles. The molecular formula is C20H19F3N4O2. The summed E-state index contributed by atoms with van der Waals surface area (Å²) in [6, 6.07) is 11.6. The number of para-hydroxylation sites is 2. The molecule has 6 nitrogen and oxygen atoms in total. The van der Waals surface area contributed by atoms with Crippen molar-refractivity contribution < 1.29 is 22.8 Å². The number of rotatable bonds is 6. The first-order valence-electron chi connectivity index (χ1n) is 8.96. The number of carbonyl (C=O) groups is 2. The summed E-state index contributed by atoms with van der Waals surface area (Å²) in [6.45, 7) is 1.70. The molecular weight excluding hydrogens is 385 g/mol. The number of imidazole rings is 1. The van der Waals surface area contributed by atoms with Crippen LogP contribution in [0.25, 0.3) is 11.0 Å². The van der Waals surface area contributed by atoms with Crippen LogP contribution in [0.15, 0.2) is 48.5 Å². The lowest BCUT2D eigenvalue weighted by Gasteiger charge is -2.12. The predicted octanol–water partition coefficient (Wildman–Crippen LogP) is 3.72. The number of hydrogen-bond donors (Lipinski definition) is 2. The molecule has 9 heteroatoms. The highest BCUT2D eigenvalue weighted by molar-refractivity contribution is 5.91. The Kier molecular flexibility index (Phi) is 5.86. The highest BCUT2D eigenvalue weighted by Gasteiger charge is 2.30. The van der Waals surface area contributed by atoms with Crippen molar-refractivity contribution in [3.05, 3.63) is 59.9 Å². The van der Waals surface area contributed by atoms with Gasteiger partial charge in [-0.05, 0) is 30.3 Å². The Morgan fingerprint density at radius 3 is 2.55 bits per heavy atom. The van der Waals surface area contributed by atoms with Gasteiger partial charge in [-0.15, -0.1) is 0 Å². The Hall–Kier alpha value is -3.36. The standard InChI is InChI=1S/C20H19F3N4O2/c1-2-18(28)24-11-17-26-15-8-3-4-9-16(15)27(17)12-19(29)25-14-7-5-6-13(10-14)20(21,22)23/h3-10H,2,11-12H2,1H3,(H,24,28)(H,25,29). The summed E-state index contributed by atoms with van der Waals surface area (Å²) in [6.07, 6.45) is -4.18. The lowest BCUT2D eigenvalue weighted by molar-refractivity contribution is -0.137. The van der Waals surface area contributed by atoms with E-state index < -0.39 is 17.6 Å². The van der Waals surface area contributed by atoms with E-state index in [1.807, 2.05) is 0 Å². The second-order valence-corrected chi connectivity index (χ2v) is 6.36. The van der Waals surface area contributed by atoms with Crippen LogP contribution in [0, 0.1) is 0 Å². The highest BCUT2D eigenvalue weighted by atomic mass is 19.4. The molecule has 3 aromatic rings. The van der Waals surface area contributed by atoms with Gasteiger partial charge in [-0.25, -0.2) is 4.98 Å². The van der Waals surface area contributed by atoms with Gasteiger partial charge in [0.1, 0.15) is 12.4 Å². The van der Waals surface area contributed by atoms with Crippen LogP contribution in [-0.4, -0.2) is 21.4 Å². The molecule has 3 rings (SSSR count). The Labute approximate surface area is 164 Å². The minimum atomic E-state index is -4.49. The van der Waals surface area contributed by atoms with E-state index in [2.05, 4.69) is 15.6 Å². The van der Waals surface area contributed by atoms with Gasteiger partial charge in [0.05, 0.1) is 23.1 Å². The number of hydrogen-bond acceptors (Lipinski definition) is 3. The summed E-state index contributed by atoms with van der Waals surface area (Å²) < 4.78 is 40.2. The average molecular weight is 404 g/mol. The monoisotopic (exact) mass is 404 g/mol. The van der Waals surface area contributed by atoms with Gasteiger partial charge in [-0.2, -0.15) is 13.2 Å². The number of benzene rings is 2. The normalized spacial score (nSPS) is 11.4. The maximum Gasteiger partial charge on any atom is 0.416 e. The number of amides is 2. The molecule has 0 spiro atoms. The van der Waals surface area contributed by atoms with Crippen LogP contribution in [-0.2, 0) is 28.9 Å². The van der Waals surface area contributed by atoms with E-state index in [1.54, 1.807) is 35.8 Å². The van der Waals surface area contributed by atoms with Crippen molar-refractivity contribution in [2.45, 2.75) is 32.6 Å². The van der Waals surface area contributed by atoms with Crippen LogP contribution in [0.5, 0.6) is 0 Å². The van der Waals surface area contributed by atoms with Crippen molar-refractivity contribution in [2.24, 2.45) is 0 Å². The molecule has 0 aliphatic rings. The Bertz CT molecular complexity index is 1040. The molecule has 2 amide bonds. The van der Waals surface area contributed by atoms with Crippen LogP contribution in [0.4, 0.5) is 18.9 Å². The van der Waals surface area contributed by atoms with Crippen molar-refractivity contribution >= 4 is 28.5 Å². The van der Waals surface area contributed by atoms with Gasteiger partial charge in [0.25, 0.3) is 0 Å². The van der Waals surface area contributed by atoms with Crippen molar-refractivity contribution in [3.8, 4) is 0 Å². The molecule has 0 atom stereocenters. The summed E-state index contributed by atoms with van der Waals surface area (Å²) in [5.74, 6) is -0.181. The second-order valence-electron chi connectivity index (χ2n) is 6.36. The van der Waals surface area contributed by atoms with E-state index in [0.29, 0.717) is 23.3 Å². The second kappa shape index (κ2) is 8.34. The summed E-state index contributed by atoms with van der Waals surface area (Å²) >= 11 is 0. The van der Waals surface area contributed by atoms with Gasteiger partial charge in [0.15, 0.2) is 0 Å². The fourth-order valence-electron chi connectivity index (χ4n) is 2.86. The third-order valence-corrected chi connectivity index (χ3v) is 4.27. The molecule has 0 unspecified atom stereocenters. The average Bonchev–Trinajstić information content (AvgIpc) is 3.03. The first kappa shape index (κ1) is 20.4. The van der Waals surface area contributed by atoms with Crippen molar-refractivity contribution in [2.75, 3.05) is 5.32 Å². The number of anilines is 1. The van der Waals surface area contributed by atoms with E-state index in [0.717, 1.165) is 12.1 Å². The van der Waals surface area contributed by atoms with Crippen LogP contribution in [0.2, 0.25) is 0 Å². The number of nitrogens with zero attached hydrogens (tertiary/aromatic N) is 2. The quantitative estimate of drug-likeness (QED) is 0.658. The van der Waals surface area contributed by atoms with Crippen LogP contribution < -0.4 is 10.6 Å². The largest absolute Gasteiger partial charge is 0.416 e. The number of nitrogens with one attached hydrogen (secondary N) is 2. The maximum absolute atomic E-state index is 12.9. The lowest BCUT2D eigenvalue weighted by Crippen LogP contribution is -2.26. The van der Waals surface area contributed by atoms with Crippen molar-refractivity contribution in [3.63, 3.8) is 0 Å². The van der Waals surface area contributed by atoms with Gasteiger partial charge in [0.2, 0.25) is 11.8 Å².